The van der Waals surface area contributed by atoms with Gasteiger partial charge in [-0.25, -0.2) is 16.7 Å². The van der Waals surface area contributed by atoms with Gasteiger partial charge in [-0.15, -0.1) is 0 Å². The van der Waals surface area contributed by atoms with Gasteiger partial charge >= 0.3 is 41.6 Å². The van der Waals surface area contributed by atoms with Crippen LogP contribution in [0.25, 0.3) is 0 Å². The Morgan fingerprint density at radius 1 is 0.680 bits per heavy atom. The molecule has 25 heavy (non-hydrogen) atoms. The second kappa shape index (κ2) is 8.45. The lowest BCUT2D eigenvalue weighted by Gasteiger charge is -2.27. The highest BCUT2D eigenvalue weighted by Gasteiger charge is 2.39. The van der Waals surface area contributed by atoms with E-state index in [-0.39, 0.29) is 0 Å². The molecule has 3 atom stereocenters. The molecule has 0 bridgehead atoms. The average molecular weight is 456 g/mol. The highest BCUT2D eigenvalue weighted by atomic mass is 32.3. The van der Waals surface area contributed by atoms with E-state index in [1.807, 2.05) is 0 Å². The van der Waals surface area contributed by atoms with E-state index in [0.717, 1.165) is 0 Å². The molecule has 0 aliphatic carbocycles. The van der Waals surface area contributed by atoms with Crippen LogP contribution >= 0.6 is 0 Å². The predicted molar refractivity (Wildman–Crippen MR) is 72.4 cm³/mol. The van der Waals surface area contributed by atoms with Crippen molar-refractivity contribution in [3.63, 3.8) is 0 Å². The van der Waals surface area contributed by atoms with Crippen LogP contribution in [0.2, 0.25) is 0 Å². The van der Waals surface area contributed by atoms with Crippen molar-refractivity contribution >= 4 is 41.6 Å². The van der Waals surface area contributed by atoms with E-state index >= 15 is 0 Å². The Morgan fingerprint density at radius 3 is 1.40 bits per heavy atom. The summed E-state index contributed by atoms with van der Waals surface area (Å²) in [4.78, 5) is 0. The Bertz CT molecular complexity index is 847. The van der Waals surface area contributed by atoms with Crippen LogP contribution in [-0.2, 0) is 58.3 Å². The molecular formula is C5H12O16S4. The van der Waals surface area contributed by atoms with E-state index < -0.39 is 66.5 Å². The molecule has 0 aromatic heterocycles. The lowest BCUT2D eigenvalue weighted by atomic mass is 10.1. The Kier molecular flexibility index (Phi) is 8.27. The van der Waals surface area contributed by atoms with Crippen molar-refractivity contribution in [2.24, 2.45) is 0 Å². The average Bonchev–Trinajstić information content (AvgIpc) is 2.25. The second-order valence-electron chi connectivity index (χ2n) is 3.99. The fourth-order valence-electron chi connectivity index (χ4n) is 1.32. The van der Waals surface area contributed by atoms with Crippen molar-refractivity contribution in [2.45, 2.75) is 25.2 Å². The van der Waals surface area contributed by atoms with Crippen LogP contribution < -0.4 is 0 Å². The fraction of sp³-hybridized carbons (Fsp3) is 1.00. The Labute approximate surface area is 142 Å². The van der Waals surface area contributed by atoms with Crippen molar-refractivity contribution in [1.82, 2.24) is 0 Å². The summed E-state index contributed by atoms with van der Waals surface area (Å²) in [5.74, 6) is 0. The summed E-state index contributed by atoms with van der Waals surface area (Å²) in [6.07, 6.45) is -7.20. The third-order valence-electron chi connectivity index (χ3n) is 1.96. The monoisotopic (exact) mass is 456 g/mol. The lowest BCUT2D eigenvalue weighted by molar-refractivity contribution is -0.0363. The molecule has 20 heteroatoms. The molecule has 0 fully saturated rings. The van der Waals surface area contributed by atoms with Crippen LogP contribution in [0.4, 0.5) is 0 Å². The molecule has 0 amide bonds. The zero-order chi connectivity index (χ0) is 20.3. The maximum atomic E-state index is 10.8. The van der Waals surface area contributed by atoms with Gasteiger partial charge in [0.15, 0.2) is 0 Å². The highest BCUT2D eigenvalue weighted by Crippen LogP contribution is 2.18. The molecule has 3 unspecified atom stereocenters. The van der Waals surface area contributed by atoms with E-state index in [0.29, 0.717) is 6.92 Å². The molecule has 0 spiro atoms. The Balaban J connectivity index is 5.85. The standard InChI is InChI=1S/C5H12O16S4/c1-3(19-23(9,10)11)5(21-25(15,16)17)4(20-24(12,13)14)2-18-22(6,7)8/h3-5H,2H2,1H3,(H,6,7,8)(H,9,10,11)(H,12,13,14)(H,15,16,17). The van der Waals surface area contributed by atoms with Gasteiger partial charge in [0.25, 0.3) is 0 Å². The number of hydrogen-bond donors (Lipinski definition) is 4. The SMILES string of the molecule is CC(OS(=O)(=O)O)C(OS(=O)(=O)O)C(COS(=O)(=O)O)OS(=O)(=O)O. The summed E-state index contributed by atoms with van der Waals surface area (Å²) in [5, 5.41) is 0. The molecule has 0 rings (SSSR count). The maximum absolute atomic E-state index is 10.8. The quantitative estimate of drug-likeness (QED) is 0.232. The van der Waals surface area contributed by atoms with Gasteiger partial charge in [0.2, 0.25) is 0 Å². The first-order valence-electron chi connectivity index (χ1n) is 5.38. The van der Waals surface area contributed by atoms with Gasteiger partial charge in [-0.1, -0.05) is 0 Å². The number of hydrogen-bond acceptors (Lipinski definition) is 12. The van der Waals surface area contributed by atoms with Gasteiger partial charge in [0.05, 0.1) is 6.61 Å². The summed E-state index contributed by atoms with van der Waals surface area (Å²) < 4.78 is 135. The summed E-state index contributed by atoms with van der Waals surface area (Å²) in [7, 11) is -21.4. The number of rotatable bonds is 11. The molecule has 0 aromatic carbocycles. The Hall–Kier alpha value is -0.520. The maximum Gasteiger partial charge on any atom is 0.397 e. The zero-order valence-corrected chi connectivity index (χ0v) is 15.0. The molecule has 0 heterocycles. The van der Waals surface area contributed by atoms with Crippen LogP contribution in [0, 0.1) is 0 Å². The topological polar surface area (TPSA) is 254 Å². The summed E-state index contributed by atoms with van der Waals surface area (Å²) in [5.41, 5.74) is 0. The van der Waals surface area contributed by atoms with Gasteiger partial charge in [-0.3, -0.25) is 18.2 Å². The molecule has 0 saturated heterocycles. The van der Waals surface area contributed by atoms with E-state index in [1.54, 1.807) is 0 Å². The van der Waals surface area contributed by atoms with E-state index in [4.69, 9.17) is 18.2 Å². The lowest BCUT2D eigenvalue weighted by Crippen LogP contribution is -2.46. The smallest absolute Gasteiger partial charge is 0.264 e. The summed E-state index contributed by atoms with van der Waals surface area (Å²) >= 11 is 0. The van der Waals surface area contributed by atoms with Crippen LogP contribution in [0.1, 0.15) is 6.92 Å². The molecule has 0 saturated carbocycles. The van der Waals surface area contributed by atoms with E-state index in [1.165, 1.54) is 0 Å². The van der Waals surface area contributed by atoms with Gasteiger partial charge in [0, 0.05) is 0 Å². The van der Waals surface area contributed by atoms with Crippen molar-refractivity contribution in [3.8, 4) is 0 Å². The Morgan fingerprint density at radius 2 is 1.08 bits per heavy atom. The summed E-state index contributed by atoms with van der Waals surface area (Å²) in [6, 6.07) is 0. The minimum Gasteiger partial charge on any atom is -0.264 e. The van der Waals surface area contributed by atoms with E-state index in [2.05, 4.69) is 16.7 Å². The van der Waals surface area contributed by atoms with Crippen molar-refractivity contribution in [2.75, 3.05) is 6.61 Å². The van der Waals surface area contributed by atoms with Crippen LogP contribution in [0.5, 0.6) is 0 Å². The van der Waals surface area contributed by atoms with Crippen LogP contribution in [0.3, 0.4) is 0 Å². The van der Waals surface area contributed by atoms with Crippen molar-refractivity contribution in [3.05, 3.63) is 0 Å². The fourth-order valence-corrected chi connectivity index (χ4v) is 3.15. The van der Waals surface area contributed by atoms with Crippen LogP contribution in [0.15, 0.2) is 0 Å². The van der Waals surface area contributed by atoms with E-state index in [9.17, 15) is 33.7 Å². The van der Waals surface area contributed by atoms with Gasteiger partial charge in [0.1, 0.15) is 18.3 Å². The molecule has 0 aliphatic heterocycles. The minimum absolute atomic E-state index is 0.650. The molecule has 0 aliphatic rings. The van der Waals surface area contributed by atoms with Crippen molar-refractivity contribution < 1.29 is 68.6 Å². The molecular weight excluding hydrogens is 444 g/mol. The molecule has 152 valence electrons. The predicted octanol–water partition coefficient (Wildman–Crippen LogP) is -2.61. The first kappa shape index (κ1) is 24.5. The van der Waals surface area contributed by atoms with Gasteiger partial charge in [-0.05, 0) is 6.92 Å². The molecule has 0 radical (unpaired) electrons. The zero-order valence-electron chi connectivity index (χ0n) is 11.8. The molecule has 4 N–H and O–H groups in total. The first-order chi connectivity index (χ1) is 10.8. The first-order valence-corrected chi connectivity index (χ1v) is 10.8. The van der Waals surface area contributed by atoms with Gasteiger partial charge in [-0.2, -0.15) is 33.7 Å². The minimum atomic E-state index is -5.46. The normalized spacial score (nSPS) is 17.8. The third kappa shape index (κ3) is 13.4. The largest absolute Gasteiger partial charge is 0.397 e. The van der Waals surface area contributed by atoms with Crippen molar-refractivity contribution in [1.29, 1.82) is 0 Å². The highest BCUT2D eigenvalue weighted by molar-refractivity contribution is 7.81. The summed E-state index contributed by atoms with van der Waals surface area (Å²) in [6.45, 7) is -0.921. The molecule has 0 aromatic rings. The second-order valence-corrected chi connectivity index (χ2v) is 8.23. The van der Waals surface area contributed by atoms with Crippen LogP contribution in [-0.4, -0.2) is 76.8 Å². The molecule has 16 nitrogen and oxygen atoms in total. The third-order valence-corrected chi connectivity index (χ3v) is 3.90. The van der Waals surface area contributed by atoms with Gasteiger partial charge < -0.3 is 0 Å².